The van der Waals surface area contributed by atoms with Crippen molar-refractivity contribution in [2.75, 3.05) is 20.1 Å². The van der Waals surface area contributed by atoms with Crippen molar-refractivity contribution in [2.24, 2.45) is 11.7 Å². The number of carbonyl (C=O) groups excluding carboxylic acids is 1. The second kappa shape index (κ2) is 4.01. The van der Waals surface area contributed by atoms with E-state index in [4.69, 9.17) is 5.73 Å². The molecule has 0 aromatic heterocycles. The first-order chi connectivity index (χ1) is 5.61. The van der Waals surface area contributed by atoms with E-state index in [2.05, 4.69) is 11.9 Å². The molecule has 3 heteroatoms. The summed E-state index contributed by atoms with van der Waals surface area (Å²) in [5.41, 5.74) is 5.78. The number of Topliss-reactive ketones (excluding diaryl/α,β-unsaturated/α-hetero) is 1. The second-order valence-corrected chi connectivity index (χ2v) is 3.80. The highest BCUT2D eigenvalue weighted by Crippen LogP contribution is 2.17. The van der Waals surface area contributed by atoms with Crippen molar-refractivity contribution in [3.05, 3.63) is 0 Å². The zero-order chi connectivity index (χ0) is 9.14. The maximum Gasteiger partial charge on any atom is 0.146 e. The maximum absolute atomic E-state index is 11.0. The predicted octanol–water partition coefficient (Wildman–Crippen LogP) is 0.244. The third kappa shape index (κ3) is 2.29. The molecule has 1 saturated heterocycles. The van der Waals surface area contributed by atoms with E-state index in [0.717, 1.165) is 19.5 Å². The zero-order valence-electron chi connectivity index (χ0n) is 7.92. The molecular weight excluding hydrogens is 152 g/mol. The maximum atomic E-state index is 11.0. The molecular formula is C9H18N2O. The minimum Gasteiger partial charge on any atom is -0.321 e. The summed E-state index contributed by atoms with van der Waals surface area (Å²) < 4.78 is 0. The fraction of sp³-hybridized carbons (Fsp3) is 0.889. The average Bonchev–Trinajstić information content (AvgIpc) is 2.03. The van der Waals surface area contributed by atoms with Crippen molar-refractivity contribution in [3.8, 4) is 0 Å². The van der Waals surface area contributed by atoms with Crippen molar-refractivity contribution >= 4 is 5.78 Å². The minimum atomic E-state index is -0.243. The molecule has 0 amide bonds. The van der Waals surface area contributed by atoms with Gasteiger partial charge in [-0.15, -0.1) is 0 Å². The number of piperidine rings is 1. The van der Waals surface area contributed by atoms with Gasteiger partial charge >= 0.3 is 0 Å². The van der Waals surface area contributed by atoms with Crippen LogP contribution >= 0.6 is 0 Å². The van der Waals surface area contributed by atoms with Crippen LogP contribution in [0.3, 0.4) is 0 Å². The Morgan fingerprint density at radius 3 is 2.83 bits per heavy atom. The number of likely N-dealkylation sites (tertiary alicyclic amines) is 1. The van der Waals surface area contributed by atoms with E-state index < -0.39 is 0 Å². The van der Waals surface area contributed by atoms with Crippen LogP contribution < -0.4 is 5.73 Å². The van der Waals surface area contributed by atoms with Gasteiger partial charge in [0.1, 0.15) is 5.78 Å². The Morgan fingerprint density at radius 2 is 2.33 bits per heavy atom. The van der Waals surface area contributed by atoms with E-state index in [1.165, 1.54) is 6.42 Å². The third-order valence-electron chi connectivity index (χ3n) is 2.64. The largest absolute Gasteiger partial charge is 0.321 e. The van der Waals surface area contributed by atoms with Gasteiger partial charge in [0.05, 0.1) is 6.04 Å². The number of ketones is 1. The minimum absolute atomic E-state index is 0.121. The lowest BCUT2D eigenvalue weighted by atomic mass is 9.89. The molecule has 1 heterocycles. The summed E-state index contributed by atoms with van der Waals surface area (Å²) in [6.07, 6.45) is 2.27. The second-order valence-electron chi connectivity index (χ2n) is 3.80. The molecule has 0 aliphatic carbocycles. The number of rotatable bonds is 2. The highest BCUT2D eigenvalue weighted by atomic mass is 16.1. The Kier molecular flexibility index (Phi) is 3.23. The van der Waals surface area contributed by atoms with Crippen molar-refractivity contribution in [1.29, 1.82) is 0 Å². The summed E-state index contributed by atoms with van der Waals surface area (Å²) >= 11 is 0. The Bertz CT molecular complexity index is 170. The molecule has 0 radical (unpaired) electrons. The predicted molar refractivity (Wildman–Crippen MR) is 48.9 cm³/mol. The van der Waals surface area contributed by atoms with E-state index in [9.17, 15) is 4.79 Å². The van der Waals surface area contributed by atoms with Crippen LogP contribution in [0.4, 0.5) is 0 Å². The van der Waals surface area contributed by atoms with Crippen LogP contribution in [-0.4, -0.2) is 36.9 Å². The summed E-state index contributed by atoms with van der Waals surface area (Å²) in [4.78, 5) is 13.3. The van der Waals surface area contributed by atoms with Gasteiger partial charge in [0.2, 0.25) is 0 Å². The smallest absolute Gasteiger partial charge is 0.146 e. The van der Waals surface area contributed by atoms with Crippen LogP contribution in [0.25, 0.3) is 0 Å². The fourth-order valence-corrected chi connectivity index (χ4v) is 1.83. The Labute approximate surface area is 73.9 Å². The summed E-state index contributed by atoms with van der Waals surface area (Å²) in [5.74, 6) is 0.497. The number of carbonyl (C=O) groups is 1. The molecule has 3 nitrogen and oxygen atoms in total. The first-order valence-electron chi connectivity index (χ1n) is 4.56. The Morgan fingerprint density at radius 1 is 1.67 bits per heavy atom. The number of hydrogen-bond donors (Lipinski definition) is 1. The molecule has 0 aromatic rings. The van der Waals surface area contributed by atoms with Gasteiger partial charge in [0, 0.05) is 6.54 Å². The Balaban J connectivity index is 2.45. The van der Waals surface area contributed by atoms with Gasteiger partial charge in [0.25, 0.3) is 0 Å². The van der Waals surface area contributed by atoms with Gasteiger partial charge in [-0.2, -0.15) is 0 Å². The topological polar surface area (TPSA) is 46.3 Å². The molecule has 2 N–H and O–H groups in total. The van der Waals surface area contributed by atoms with E-state index in [-0.39, 0.29) is 11.8 Å². The van der Waals surface area contributed by atoms with Crippen LogP contribution in [-0.2, 0) is 4.79 Å². The number of nitrogens with two attached hydrogens (primary N) is 1. The first kappa shape index (κ1) is 9.68. The number of nitrogens with zero attached hydrogens (tertiary/aromatic N) is 1. The molecule has 0 saturated carbocycles. The highest BCUT2D eigenvalue weighted by Gasteiger charge is 2.25. The lowest BCUT2D eigenvalue weighted by Gasteiger charge is -2.32. The summed E-state index contributed by atoms with van der Waals surface area (Å²) in [7, 11) is 2.08. The van der Waals surface area contributed by atoms with Gasteiger partial charge in [-0.3, -0.25) is 4.79 Å². The van der Waals surface area contributed by atoms with E-state index >= 15 is 0 Å². The molecule has 0 bridgehead atoms. The molecule has 2 atom stereocenters. The molecule has 1 aliphatic rings. The molecule has 2 unspecified atom stereocenters. The van der Waals surface area contributed by atoms with Crippen LogP contribution in [0.15, 0.2) is 0 Å². The number of hydrogen-bond acceptors (Lipinski definition) is 3. The van der Waals surface area contributed by atoms with Gasteiger partial charge in [-0.1, -0.05) is 0 Å². The zero-order valence-corrected chi connectivity index (χ0v) is 7.92. The van der Waals surface area contributed by atoms with Crippen molar-refractivity contribution in [3.63, 3.8) is 0 Å². The van der Waals surface area contributed by atoms with Crippen LogP contribution in [0.1, 0.15) is 19.8 Å². The fourth-order valence-electron chi connectivity index (χ4n) is 1.83. The summed E-state index contributed by atoms with van der Waals surface area (Å²) in [6.45, 7) is 3.70. The van der Waals surface area contributed by atoms with Crippen molar-refractivity contribution in [1.82, 2.24) is 4.90 Å². The van der Waals surface area contributed by atoms with Crippen LogP contribution in [0, 0.1) is 5.92 Å². The van der Waals surface area contributed by atoms with E-state index in [1.54, 1.807) is 6.92 Å². The molecule has 0 spiro atoms. The van der Waals surface area contributed by atoms with Crippen LogP contribution in [0.5, 0.6) is 0 Å². The lowest BCUT2D eigenvalue weighted by Crippen LogP contribution is -2.45. The lowest BCUT2D eigenvalue weighted by molar-refractivity contribution is -0.119. The highest BCUT2D eigenvalue weighted by molar-refractivity contribution is 5.81. The molecule has 1 rings (SSSR count). The normalized spacial score (nSPS) is 28.4. The average molecular weight is 170 g/mol. The van der Waals surface area contributed by atoms with Gasteiger partial charge < -0.3 is 10.6 Å². The standard InChI is InChI=1S/C9H18N2O/c1-7(12)9(10)8-4-3-5-11(2)6-8/h8-9H,3-6,10H2,1-2H3. The molecule has 1 fully saturated rings. The molecule has 0 aromatic carbocycles. The monoisotopic (exact) mass is 170 g/mol. The Hall–Kier alpha value is -0.410. The molecule has 1 aliphatic heterocycles. The summed E-state index contributed by atoms with van der Waals surface area (Å²) in [6, 6.07) is -0.243. The first-order valence-corrected chi connectivity index (χ1v) is 4.56. The molecule has 70 valence electrons. The van der Waals surface area contributed by atoms with E-state index in [1.807, 2.05) is 0 Å². The third-order valence-corrected chi connectivity index (χ3v) is 2.64. The van der Waals surface area contributed by atoms with Crippen molar-refractivity contribution < 1.29 is 4.79 Å². The van der Waals surface area contributed by atoms with Crippen LogP contribution in [0.2, 0.25) is 0 Å². The molecule has 12 heavy (non-hydrogen) atoms. The van der Waals surface area contributed by atoms with Crippen molar-refractivity contribution in [2.45, 2.75) is 25.8 Å². The van der Waals surface area contributed by atoms with E-state index in [0.29, 0.717) is 5.92 Å². The summed E-state index contributed by atoms with van der Waals surface area (Å²) in [5, 5.41) is 0. The SMILES string of the molecule is CC(=O)C(N)C1CCCN(C)C1. The van der Waals surface area contributed by atoms with Gasteiger partial charge in [-0.05, 0) is 39.3 Å². The van der Waals surface area contributed by atoms with Gasteiger partial charge in [0.15, 0.2) is 0 Å². The van der Waals surface area contributed by atoms with Gasteiger partial charge in [-0.25, -0.2) is 0 Å². The quantitative estimate of drug-likeness (QED) is 0.646.